The summed E-state index contributed by atoms with van der Waals surface area (Å²) in [5.74, 6) is -2.40. The Balaban J connectivity index is 1.87. The lowest BCUT2D eigenvalue weighted by atomic mass is 9.86. The quantitative estimate of drug-likeness (QED) is 0.895. The Bertz CT molecular complexity index is 397. The van der Waals surface area contributed by atoms with Gasteiger partial charge in [-0.25, -0.2) is 13.8 Å². The predicted octanol–water partition coefficient (Wildman–Crippen LogP) is 1.59. The molecule has 1 N–H and O–H groups in total. The van der Waals surface area contributed by atoms with Gasteiger partial charge in [-0.2, -0.15) is 5.10 Å². The van der Waals surface area contributed by atoms with Crippen LogP contribution in [0, 0.1) is 5.92 Å². The minimum atomic E-state index is -2.60. The highest BCUT2D eigenvalue weighted by Gasteiger charge is 2.38. The summed E-state index contributed by atoms with van der Waals surface area (Å²) in [5.41, 5.74) is 0. The maximum Gasteiger partial charge on any atom is 0.248 e. The summed E-state index contributed by atoms with van der Waals surface area (Å²) in [6, 6.07) is 0. The Labute approximate surface area is 104 Å². The van der Waals surface area contributed by atoms with Crippen LogP contribution in [0.25, 0.3) is 0 Å². The SMILES string of the molecule is CN(Cc1ncn[nH]1)C(=O)C1CCC(F)(F)CC1. The highest BCUT2D eigenvalue weighted by Crippen LogP contribution is 2.36. The molecule has 0 unspecified atom stereocenters. The van der Waals surface area contributed by atoms with Crippen molar-refractivity contribution in [2.24, 2.45) is 5.92 Å². The van der Waals surface area contributed by atoms with Crippen molar-refractivity contribution < 1.29 is 13.6 Å². The fraction of sp³-hybridized carbons (Fsp3) is 0.727. The summed E-state index contributed by atoms with van der Waals surface area (Å²) >= 11 is 0. The smallest absolute Gasteiger partial charge is 0.248 e. The number of nitrogens with zero attached hydrogens (tertiary/aromatic N) is 3. The lowest BCUT2D eigenvalue weighted by Crippen LogP contribution is -2.37. The Morgan fingerprint density at radius 2 is 2.22 bits per heavy atom. The maximum atomic E-state index is 13.0. The molecule has 1 saturated carbocycles. The van der Waals surface area contributed by atoms with Crippen molar-refractivity contribution in [3.8, 4) is 0 Å². The average Bonchev–Trinajstić information content (AvgIpc) is 2.81. The maximum absolute atomic E-state index is 13.0. The van der Waals surface area contributed by atoms with E-state index in [-0.39, 0.29) is 37.5 Å². The van der Waals surface area contributed by atoms with Crippen molar-refractivity contribution in [3.63, 3.8) is 0 Å². The van der Waals surface area contributed by atoms with Crippen molar-refractivity contribution in [2.75, 3.05) is 7.05 Å². The number of nitrogens with one attached hydrogen (secondary N) is 1. The summed E-state index contributed by atoms with van der Waals surface area (Å²) in [7, 11) is 1.65. The average molecular weight is 258 g/mol. The highest BCUT2D eigenvalue weighted by molar-refractivity contribution is 5.78. The van der Waals surface area contributed by atoms with Crippen LogP contribution in [0.1, 0.15) is 31.5 Å². The molecule has 1 heterocycles. The number of halogens is 2. The first-order chi connectivity index (χ1) is 8.48. The molecule has 1 aliphatic carbocycles. The summed E-state index contributed by atoms with van der Waals surface area (Å²) in [4.78, 5) is 17.5. The Morgan fingerprint density at radius 1 is 1.56 bits per heavy atom. The van der Waals surface area contributed by atoms with Crippen molar-refractivity contribution in [1.82, 2.24) is 20.1 Å². The molecule has 0 bridgehead atoms. The fourth-order valence-corrected chi connectivity index (χ4v) is 2.21. The van der Waals surface area contributed by atoms with Gasteiger partial charge < -0.3 is 4.90 Å². The first-order valence-corrected chi connectivity index (χ1v) is 5.95. The van der Waals surface area contributed by atoms with Crippen LogP contribution < -0.4 is 0 Å². The number of aromatic amines is 1. The highest BCUT2D eigenvalue weighted by atomic mass is 19.3. The number of hydrogen-bond acceptors (Lipinski definition) is 3. The van der Waals surface area contributed by atoms with Gasteiger partial charge in [-0.1, -0.05) is 0 Å². The van der Waals surface area contributed by atoms with Crippen LogP contribution in [-0.4, -0.2) is 39.0 Å². The molecule has 0 aliphatic heterocycles. The summed E-state index contributed by atoms with van der Waals surface area (Å²) in [6.45, 7) is 0.325. The largest absolute Gasteiger partial charge is 0.338 e. The predicted molar refractivity (Wildman–Crippen MR) is 59.8 cm³/mol. The van der Waals surface area contributed by atoms with Crippen LogP contribution in [0.2, 0.25) is 0 Å². The second kappa shape index (κ2) is 4.99. The topological polar surface area (TPSA) is 61.9 Å². The number of amides is 1. The van der Waals surface area contributed by atoms with Gasteiger partial charge in [0.25, 0.3) is 0 Å². The van der Waals surface area contributed by atoms with Crippen molar-refractivity contribution in [1.29, 1.82) is 0 Å². The summed E-state index contributed by atoms with van der Waals surface area (Å²) in [6.07, 6.45) is 1.49. The standard InChI is InChI=1S/C11H16F2N4O/c1-17(6-9-14-7-15-16-9)10(18)8-2-4-11(12,13)5-3-8/h7-8H,2-6H2,1H3,(H,14,15,16). The van der Waals surface area contributed by atoms with E-state index >= 15 is 0 Å². The third-order valence-corrected chi connectivity index (χ3v) is 3.29. The van der Waals surface area contributed by atoms with E-state index in [0.29, 0.717) is 12.4 Å². The minimum Gasteiger partial charge on any atom is -0.338 e. The van der Waals surface area contributed by atoms with Crippen LogP contribution in [0.3, 0.4) is 0 Å². The Hall–Kier alpha value is -1.53. The lowest BCUT2D eigenvalue weighted by Gasteiger charge is -2.30. The van der Waals surface area contributed by atoms with Gasteiger partial charge in [0.15, 0.2) is 0 Å². The van der Waals surface area contributed by atoms with Gasteiger partial charge in [-0.3, -0.25) is 9.89 Å². The molecule has 100 valence electrons. The molecule has 0 saturated heterocycles. The zero-order valence-electron chi connectivity index (χ0n) is 10.2. The fourth-order valence-electron chi connectivity index (χ4n) is 2.21. The molecule has 1 fully saturated rings. The zero-order valence-corrected chi connectivity index (χ0v) is 10.2. The van der Waals surface area contributed by atoms with Gasteiger partial charge in [0, 0.05) is 25.8 Å². The van der Waals surface area contributed by atoms with E-state index in [0.717, 1.165) is 0 Å². The molecule has 1 aliphatic rings. The molecule has 0 spiro atoms. The van der Waals surface area contributed by atoms with E-state index < -0.39 is 5.92 Å². The monoisotopic (exact) mass is 258 g/mol. The molecule has 2 rings (SSSR count). The summed E-state index contributed by atoms with van der Waals surface area (Å²) < 4.78 is 26.0. The van der Waals surface area contributed by atoms with Crippen LogP contribution in [0.5, 0.6) is 0 Å². The van der Waals surface area contributed by atoms with E-state index in [1.165, 1.54) is 11.2 Å². The molecule has 18 heavy (non-hydrogen) atoms. The number of carbonyl (C=O) groups is 1. The van der Waals surface area contributed by atoms with E-state index in [4.69, 9.17) is 0 Å². The van der Waals surface area contributed by atoms with Crippen molar-refractivity contribution in [2.45, 2.75) is 38.2 Å². The van der Waals surface area contributed by atoms with E-state index in [1.807, 2.05) is 0 Å². The van der Waals surface area contributed by atoms with Crippen LogP contribution in [0.4, 0.5) is 8.78 Å². The molecule has 5 nitrogen and oxygen atoms in total. The molecule has 0 atom stereocenters. The van der Waals surface area contributed by atoms with E-state index in [1.54, 1.807) is 7.05 Å². The van der Waals surface area contributed by atoms with Crippen LogP contribution >= 0.6 is 0 Å². The van der Waals surface area contributed by atoms with Crippen LogP contribution in [-0.2, 0) is 11.3 Å². The second-order valence-electron chi connectivity index (χ2n) is 4.76. The number of alkyl halides is 2. The number of rotatable bonds is 3. The van der Waals surface area contributed by atoms with Gasteiger partial charge in [0.1, 0.15) is 12.2 Å². The molecule has 1 aromatic heterocycles. The van der Waals surface area contributed by atoms with Gasteiger partial charge in [0.2, 0.25) is 11.8 Å². The number of carbonyl (C=O) groups excluding carboxylic acids is 1. The van der Waals surface area contributed by atoms with Crippen molar-refractivity contribution in [3.05, 3.63) is 12.2 Å². The van der Waals surface area contributed by atoms with E-state index in [9.17, 15) is 13.6 Å². The third kappa shape index (κ3) is 3.02. The molecule has 1 amide bonds. The zero-order chi connectivity index (χ0) is 13.2. The van der Waals surface area contributed by atoms with Gasteiger partial charge in [0.05, 0.1) is 6.54 Å². The number of H-pyrrole nitrogens is 1. The number of hydrogen-bond donors (Lipinski definition) is 1. The molecule has 0 aromatic carbocycles. The van der Waals surface area contributed by atoms with Gasteiger partial charge >= 0.3 is 0 Å². The Morgan fingerprint density at radius 3 is 2.78 bits per heavy atom. The van der Waals surface area contributed by atoms with E-state index in [2.05, 4.69) is 15.2 Å². The molecule has 1 aromatic rings. The van der Waals surface area contributed by atoms with Gasteiger partial charge in [-0.15, -0.1) is 0 Å². The minimum absolute atomic E-state index is 0.0955. The lowest BCUT2D eigenvalue weighted by molar-refractivity contribution is -0.139. The first-order valence-electron chi connectivity index (χ1n) is 5.95. The summed E-state index contributed by atoms with van der Waals surface area (Å²) in [5, 5.41) is 6.36. The first kappa shape index (κ1) is 12.9. The molecule has 0 radical (unpaired) electrons. The van der Waals surface area contributed by atoms with Crippen LogP contribution in [0.15, 0.2) is 6.33 Å². The molecular weight excluding hydrogens is 242 g/mol. The second-order valence-corrected chi connectivity index (χ2v) is 4.76. The number of aromatic nitrogens is 3. The van der Waals surface area contributed by atoms with Crippen molar-refractivity contribution >= 4 is 5.91 Å². The third-order valence-electron chi connectivity index (χ3n) is 3.29. The van der Waals surface area contributed by atoms with Gasteiger partial charge in [-0.05, 0) is 12.8 Å². The molecule has 7 heteroatoms. The normalized spacial score (nSPS) is 19.7. The Kier molecular flexibility index (Phi) is 3.58. The molecular formula is C11H16F2N4O.